The maximum atomic E-state index is 11.5. The molecule has 0 aliphatic carbocycles. The average molecular weight is 183 g/mol. The molecule has 5 nitrogen and oxygen atoms in total. The number of nitrogens with two attached hydrogens (primary N) is 1. The molecule has 2 N–H and O–H groups in total. The first kappa shape index (κ1) is 9.57. The number of hydrogen-bond acceptors (Lipinski definition) is 3. The Balaban J connectivity index is 3.64. The van der Waals surface area contributed by atoms with Gasteiger partial charge in [0, 0.05) is 19.2 Å². The lowest BCUT2D eigenvalue weighted by Crippen LogP contribution is -2.39. The summed E-state index contributed by atoms with van der Waals surface area (Å²) in [6.07, 6.45) is 0. The van der Waals surface area contributed by atoms with E-state index in [0.29, 0.717) is 0 Å². The third-order valence-corrected chi connectivity index (χ3v) is 1.89. The van der Waals surface area contributed by atoms with Crippen molar-refractivity contribution in [2.75, 3.05) is 5.73 Å². The van der Waals surface area contributed by atoms with Crippen molar-refractivity contribution in [2.24, 2.45) is 7.05 Å². The van der Waals surface area contributed by atoms with Gasteiger partial charge in [0.15, 0.2) is 0 Å². The van der Waals surface area contributed by atoms with Crippen LogP contribution in [0.5, 0.6) is 0 Å². The van der Waals surface area contributed by atoms with Crippen LogP contribution >= 0.6 is 0 Å². The highest BCUT2D eigenvalue weighted by Gasteiger charge is 2.08. The van der Waals surface area contributed by atoms with Gasteiger partial charge < -0.3 is 5.73 Å². The first-order valence-corrected chi connectivity index (χ1v) is 4.03. The van der Waals surface area contributed by atoms with Crippen LogP contribution in [0.15, 0.2) is 15.7 Å². The van der Waals surface area contributed by atoms with Crippen LogP contribution in [0.4, 0.5) is 5.82 Å². The summed E-state index contributed by atoms with van der Waals surface area (Å²) in [5, 5.41) is 0. The Morgan fingerprint density at radius 3 is 2.38 bits per heavy atom. The second kappa shape index (κ2) is 3.08. The van der Waals surface area contributed by atoms with E-state index in [1.54, 1.807) is 0 Å². The highest BCUT2D eigenvalue weighted by molar-refractivity contribution is 5.27. The number of nitrogens with zero attached hydrogens (tertiary/aromatic N) is 2. The molecule has 1 heterocycles. The Kier molecular flexibility index (Phi) is 2.27. The van der Waals surface area contributed by atoms with Crippen molar-refractivity contribution >= 4 is 5.82 Å². The summed E-state index contributed by atoms with van der Waals surface area (Å²) in [7, 11) is 1.43. The van der Waals surface area contributed by atoms with E-state index < -0.39 is 0 Å². The largest absolute Gasteiger partial charge is 0.385 e. The van der Waals surface area contributed by atoms with E-state index in [9.17, 15) is 9.59 Å². The summed E-state index contributed by atoms with van der Waals surface area (Å²) < 4.78 is 2.41. The van der Waals surface area contributed by atoms with E-state index in [0.717, 1.165) is 4.57 Å². The van der Waals surface area contributed by atoms with Crippen LogP contribution < -0.4 is 17.0 Å². The van der Waals surface area contributed by atoms with Gasteiger partial charge in [0.05, 0.1) is 0 Å². The summed E-state index contributed by atoms with van der Waals surface area (Å²) in [4.78, 5) is 22.6. The number of rotatable bonds is 1. The molecule has 1 rings (SSSR count). The lowest BCUT2D eigenvalue weighted by molar-refractivity contribution is 0.542. The highest BCUT2D eigenvalue weighted by Crippen LogP contribution is 2.04. The summed E-state index contributed by atoms with van der Waals surface area (Å²) in [5.41, 5.74) is 4.79. The molecule has 0 unspecified atom stereocenters. The molecule has 0 aliphatic rings. The Hall–Kier alpha value is -1.52. The summed E-state index contributed by atoms with van der Waals surface area (Å²) >= 11 is 0. The SMILES string of the molecule is CC(C)n1c(N)cc(=O)n(C)c1=O. The number of nitrogen functional groups attached to an aromatic ring is 1. The van der Waals surface area contributed by atoms with Gasteiger partial charge in [-0.15, -0.1) is 0 Å². The molecule has 0 aromatic carbocycles. The fourth-order valence-electron chi connectivity index (χ4n) is 1.18. The summed E-state index contributed by atoms with van der Waals surface area (Å²) in [6, 6.07) is 1.21. The predicted octanol–water partition coefficient (Wildman–Crippen LogP) is -0.290. The van der Waals surface area contributed by atoms with E-state index in [1.165, 1.54) is 17.7 Å². The Morgan fingerprint density at radius 2 is 1.92 bits per heavy atom. The molecule has 1 aromatic rings. The second-order valence-electron chi connectivity index (χ2n) is 3.21. The normalized spacial score (nSPS) is 10.8. The lowest BCUT2D eigenvalue weighted by atomic mass is 10.4. The van der Waals surface area contributed by atoms with E-state index in [4.69, 9.17) is 5.73 Å². The smallest absolute Gasteiger partial charge is 0.332 e. The fourth-order valence-corrected chi connectivity index (χ4v) is 1.18. The molecule has 72 valence electrons. The topological polar surface area (TPSA) is 70.0 Å². The van der Waals surface area contributed by atoms with Crippen LogP contribution in [-0.4, -0.2) is 9.13 Å². The molecule has 0 saturated carbocycles. The average Bonchev–Trinajstić information content (AvgIpc) is 1.99. The number of hydrogen-bond donors (Lipinski definition) is 1. The first-order chi connectivity index (χ1) is 5.95. The molecule has 5 heteroatoms. The predicted molar refractivity (Wildman–Crippen MR) is 50.7 cm³/mol. The lowest BCUT2D eigenvalue weighted by Gasteiger charge is -2.13. The quantitative estimate of drug-likeness (QED) is 0.650. The molecule has 1 aromatic heterocycles. The Labute approximate surface area is 75.4 Å². The van der Waals surface area contributed by atoms with Crippen molar-refractivity contribution in [1.82, 2.24) is 9.13 Å². The van der Waals surface area contributed by atoms with E-state index in [1.807, 2.05) is 13.8 Å². The van der Waals surface area contributed by atoms with Crippen molar-refractivity contribution in [3.63, 3.8) is 0 Å². The molecule has 0 atom stereocenters. The minimum absolute atomic E-state index is 0.0423. The van der Waals surface area contributed by atoms with Gasteiger partial charge >= 0.3 is 5.69 Å². The molecule has 0 amide bonds. The van der Waals surface area contributed by atoms with Crippen LogP contribution in [0, 0.1) is 0 Å². The molecular formula is C8H13N3O2. The van der Waals surface area contributed by atoms with E-state index >= 15 is 0 Å². The first-order valence-electron chi connectivity index (χ1n) is 4.03. The van der Waals surface area contributed by atoms with Gasteiger partial charge in [-0.05, 0) is 13.8 Å². The van der Waals surface area contributed by atoms with Gasteiger partial charge in [-0.3, -0.25) is 13.9 Å². The van der Waals surface area contributed by atoms with Gasteiger partial charge in [-0.1, -0.05) is 0 Å². The zero-order chi connectivity index (χ0) is 10.2. The van der Waals surface area contributed by atoms with Crippen molar-refractivity contribution in [3.8, 4) is 0 Å². The van der Waals surface area contributed by atoms with Crippen molar-refractivity contribution in [3.05, 3.63) is 26.9 Å². The maximum absolute atomic E-state index is 11.5. The standard InChI is InChI=1S/C8H13N3O2/c1-5(2)11-6(9)4-7(12)10(3)8(11)13/h4-5H,9H2,1-3H3. The van der Waals surface area contributed by atoms with Gasteiger partial charge in [0.2, 0.25) is 0 Å². The van der Waals surface area contributed by atoms with Crippen LogP contribution in [0.25, 0.3) is 0 Å². The monoisotopic (exact) mass is 183 g/mol. The van der Waals surface area contributed by atoms with Crippen molar-refractivity contribution in [2.45, 2.75) is 19.9 Å². The molecule has 0 aliphatic heterocycles. The van der Waals surface area contributed by atoms with E-state index in [2.05, 4.69) is 0 Å². The third-order valence-electron chi connectivity index (χ3n) is 1.89. The zero-order valence-corrected chi connectivity index (χ0v) is 7.94. The Bertz CT molecular complexity index is 428. The molecule has 0 saturated heterocycles. The van der Waals surface area contributed by atoms with E-state index in [-0.39, 0.29) is 23.1 Å². The highest BCUT2D eigenvalue weighted by atomic mass is 16.2. The summed E-state index contributed by atoms with van der Waals surface area (Å²) in [5.74, 6) is 0.211. The molecule has 13 heavy (non-hydrogen) atoms. The maximum Gasteiger partial charge on any atom is 0.332 e. The minimum atomic E-state index is -0.376. The zero-order valence-electron chi connectivity index (χ0n) is 7.94. The number of anilines is 1. The van der Waals surface area contributed by atoms with Crippen LogP contribution in [0.2, 0.25) is 0 Å². The minimum Gasteiger partial charge on any atom is -0.385 e. The van der Waals surface area contributed by atoms with Crippen LogP contribution in [0.3, 0.4) is 0 Å². The van der Waals surface area contributed by atoms with Crippen LogP contribution in [-0.2, 0) is 7.05 Å². The van der Waals surface area contributed by atoms with Gasteiger partial charge in [-0.2, -0.15) is 0 Å². The van der Waals surface area contributed by atoms with Gasteiger partial charge in [0.25, 0.3) is 5.56 Å². The molecular weight excluding hydrogens is 170 g/mol. The third kappa shape index (κ3) is 1.49. The molecule has 0 fully saturated rings. The molecule has 0 radical (unpaired) electrons. The van der Waals surface area contributed by atoms with Crippen molar-refractivity contribution in [1.29, 1.82) is 0 Å². The molecule has 0 spiro atoms. The molecule has 0 bridgehead atoms. The van der Waals surface area contributed by atoms with Crippen LogP contribution in [0.1, 0.15) is 19.9 Å². The van der Waals surface area contributed by atoms with Gasteiger partial charge in [-0.25, -0.2) is 4.79 Å². The Morgan fingerprint density at radius 1 is 1.38 bits per heavy atom. The second-order valence-corrected chi connectivity index (χ2v) is 3.21. The van der Waals surface area contributed by atoms with Crippen molar-refractivity contribution < 1.29 is 0 Å². The van der Waals surface area contributed by atoms with Gasteiger partial charge in [0.1, 0.15) is 5.82 Å². The fraction of sp³-hybridized carbons (Fsp3) is 0.500. The summed E-state index contributed by atoms with van der Waals surface area (Å²) in [6.45, 7) is 3.67. The number of aromatic nitrogens is 2.